The molecular formula is C48H30N2O. The van der Waals surface area contributed by atoms with Crippen LogP contribution in [0.25, 0.3) is 99.2 Å². The predicted molar refractivity (Wildman–Crippen MR) is 213 cm³/mol. The van der Waals surface area contributed by atoms with Crippen LogP contribution in [0.3, 0.4) is 0 Å². The number of hydrogen-bond donors (Lipinski definition) is 0. The second-order valence-corrected chi connectivity index (χ2v) is 11.1. The summed E-state index contributed by atoms with van der Waals surface area (Å²) in [6.07, 6.45) is 0. The normalized spacial score (nSPS) is 19.9. The Morgan fingerprint density at radius 1 is 0.373 bits per heavy atom. The molecule has 51 heavy (non-hydrogen) atoms. The fraction of sp³-hybridized carbons (Fsp3) is 0. The molecule has 0 aliphatic heterocycles. The molecule has 0 saturated carbocycles. The van der Waals surface area contributed by atoms with Crippen molar-refractivity contribution in [1.82, 2.24) is 9.13 Å². The van der Waals surface area contributed by atoms with Crippen molar-refractivity contribution >= 4 is 65.6 Å². The largest absolute Gasteiger partial charge is 0.455 e. The highest BCUT2D eigenvalue weighted by Gasteiger charge is 2.21. The van der Waals surface area contributed by atoms with E-state index in [1.807, 2.05) is 0 Å². The van der Waals surface area contributed by atoms with Crippen molar-refractivity contribution in [2.75, 3.05) is 0 Å². The molecule has 0 radical (unpaired) electrons. The lowest BCUT2D eigenvalue weighted by Crippen LogP contribution is -1.94. The van der Waals surface area contributed by atoms with Crippen molar-refractivity contribution in [2.45, 2.75) is 0 Å². The molecule has 11 rings (SSSR count). The Morgan fingerprint density at radius 2 is 0.980 bits per heavy atom. The van der Waals surface area contributed by atoms with E-state index in [9.17, 15) is 15.1 Å². The zero-order valence-electron chi connectivity index (χ0n) is 54.4. The van der Waals surface area contributed by atoms with Gasteiger partial charge in [-0.3, -0.25) is 0 Å². The molecule has 11 aromatic rings. The summed E-state index contributed by atoms with van der Waals surface area (Å²) in [6.45, 7) is 0. The highest BCUT2D eigenvalue weighted by atomic mass is 16.3. The Kier molecular flexibility index (Phi) is 2.53. The van der Waals surface area contributed by atoms with Gasteiger partial charge in [-0.2, -0.15) is 0 Å². The third-order valence-corrected chi connectivity index (χ3v) is 8.39. The van der Waals surface area contributed by atoms with Crippen LogP contribution in [0.5, 0.6) is 0 Å². The maximum absolute atomic E-state index is 9.95. The van der Waals surface area contributed by atoms with Crippen LogP contribution >= 0.6 is 0 Å². The van der Waals surface area contributed by atoms with Gasteiger partial charge in [-0.15, -0.1) is 0 Å². The summed E-state index contributed by atoms with van der Waals surface area (Å²) in [5.41, 5.74) is -7.47. The third-order valence-electron chi connectivity index (χ3n) is 8.39. The number of nitrogens with zero attached hydrogens (tertiary/aromatic N) is 2. The maximum atomic E-state index is 9.95. The highest BCUT2D eigenvalue weighted by Crippen LogP contribution is 2.43. The minimum atomic E-state index is -1.00. The van der Waals surface area contributed by atoms with E-state index in [2.05, 4.69) is 0 Å². The van der Waals surface area contributed by atoms with Crippen LogP contribution in [-0.2, 0) is 0 Å². The lowest BCUT2D eigenvalue weighted by molar-refractivity contribution is 0.673. The van der Waals surface area contributed by atoms with E-state index in [1.54, 1.807) is 0 Å². The van der Waals surface area contributed by atoms with Crippen molar-refractivity contribution < 1.29 is 44.2 Å². The Labute approximate surface area is 334 Å². The molecule has 0 saturated heterocycles. The average Bonchev–Trinajstić information content (AvgIpc) is 4.14. The van der Waals surface area contributed by atoms with E-state index in [4.69, 9.17) is 29.1 Å². The van der Waals surface area contributed by atoms with Crippen LogP contribution in [-0.4, -0.2) is 9.13 Å². The summed E-state index contributed by atoms with van der Waals surface area (Å²) < 4.78 is 267. The number of para-hydroxylation sites is 2. The van der Waals surface area contributed by atoms with E-state index < -0.39 is 274 Å². The van der Waals surface area contributed by atoms with Gasteiger partial charge in [-0.05, 0) is 76.7 Å². The van der Waals surface area contributed by atoms with E-state index in [0.29, 0.717) is 0 Å². The van der Waals surface area contributed by atoms with Crippen molar-refractivity contribution in [1.29, 1.82) is 0 Å². The minimum Gasteiger partial charge on any atom is -0.455 e. The molecule has 3 nitrogen and oxygen atoms in total. The first kappa shape index (κ1) is 11.9. The molecule has 0 aliphatic rings. The monoisotopic (exact) mass is 679 g/mol. The molecule has 0 N–H and O–H groups in total. The number of rotatable bonds is 4. The summed E-state index contributed by atoms with van der Waals surface area (Å²) >= 11 is 0. The summed E-state index contributed by atoms with van der Waals surface area (Å²) in [7, 11) is 0. The predicted octanol–water partition coefficient (Wildman–Crippen LogP) is 13.1. The standard InChI is InChI=1S/C48H30N2O/c1-3-13-31(14-4-1)33-17-11-19-35(27-33)49-43-24-10-8-22-39(43)47-44(49)26-25-38-41-29-40-37-21-7-9-23-42(37)50(45(40)30-46(41)51-48(38)47)36-20-12-18-34(28-36)32-15-5-2-6-16-32/h1-30H/i1D,2D,3D,4D,5D,6D,7D,8D,9D,10D,11D,12D,13D,14D,15D,16D,17D,18D,19D,20D,21D,22D,23D,24D,25D,26D,27D,29D,30D. The Bertz CT molecular complexity index is 4760. The number of furan rings is 1. The molecule has 3 aromatic heterocycles. The molecule has 0 bridgehead atoms. The van der Waals surface area contributed by atoms with Crippen molar-refractivity contribution in [3.05, 3.63) is 181 Å². The Hall–Kier alpha value is -6.84. The number of benzene rings is 8. The van der Waals surface area contributed by atoms with Gasteiger partial charge < -0.3 is 13.6 Å². The van der Waals surface area contributed by atoms with Gasteiger partial charge in [0, 0.05) is 44.3 Å². The van der Waals surface area contributed by atoms with Crippen LogP contribution in [0.2, 0.25) is 0 Å². The zero-order valence-corrected chi connectivity index (χ0v) is 25.4. The first-order chi connectivity index (χ1) is 37.4. The van der Waals surface area contributed by atoms with Crippen LogP contribution < -0.4 is 0 Å². The van der Waals surface area contributed by atoms with E-state index >= 15 is 0 Å². The SMILES string of the molecule is [2H]c1c(-c2c([2H])c([2H])c([2H])c([2H])c2[2H])cc(-n2c3c([2H])c([2H])c([2H])c([2H])c3c3c([2H])c4c(oc5c4c([2H])c([2H])c4c5c5c([2H])c([2H])c([2H])c([2H])c5n4-c4c([2H])c([2H])c([2H])c(-c5c([2H])c([2H])c([2H])c([2H])c5[2H])c4[2H])c([2H])c32)c([2H])c1[2H]. The summed E-state index contributed by atoms with van der Waals surface area (Å²) in [5, 5.41) is -2.88. The average molecular weight is 680 g/mol. The van der Waals surface area contributed by atoms with Crippen LogP contribution in [0.1, 0.15) is 39.8 Å². The molecule has 0 unspecified atom stereocenters. The Morgan fingerprint density at radius 3 is 1.76 bits per heavy atom. The zero-order chi connectivity index (χ0) is 58.7. The van der Waals surface area contributed by atoms with E-state index in [-0.39, 0.29) is 0 Å². The van der Waals surface area contributed by atoms with Crippen molar-refractivity contribution in [3.8, 4) is 33.6 Å². The minimum absolute atomic E-state index is 0.468. The lowest BCUT2D eigenvalue weighted by atomic mass is 10.0. The molecule has 0 atom stereocenters. The molecule has 3 heterocycles. The van der Waals surface area contributed by atoms with Crippen molar-refractivity contribution in [3.63, 3.8) is 0 Å². The van der Waals surface area contributed by atoms with Crippen LogP contribution in [0, 0.1) is 0 Å². The number of fused-ring (bicyclic) bond motifs is 10. The molecule has 0 aliphatic carbocycles. The second-order valence-electron chi connectivity index (χ2n) is 11.1. The second kappa shape index (κ2) is 10.8. The van der Waals surface area contributed by atoms with E-state index in [1.165, 1.54) is 0 Å². The van der Waals surface area contributed by atoms with Gasteiger partial charge in [-0.1, -0.05) is 121 Å². The smallest absolute Gasteiger partial charge is 0.145 e. The van der Waals surface area contributed by atoms with Gasteiger partial charge in [0.2, 0.25) is 0 Å². The lowest BCUT2D eigenvalue weighted by Gasteiger charge is -2.10. The maximum Gasteiger partial charge on any atom is 0.145 e. The molecule has 0 spiro atoms. The number of aromatic nitrogens is 2. The molecular weight excluding hydrogens is 621 g/mol. The van der Waals surface area contributed by atoms with Crippen molar-refractivity contribution in [2.24, 2.45) is 0 Å². The van der Waals surface area contributed by atoms with Gasteiger partial charge in [0.15, 0.2) is 0 Å². The summed E-state index contributed by atoms with van der Waals surface area (Å²) in [5.74, 6) is 0. The quantitative estimate of drug-likeness (QED) is 0.182. The number of hydrogen-bond acceptors (Lipinski definition) is 1. The highest BCUT2D eigenvalue weighted by molar-refractivity contribution is 6.25. The topological polar surface area (TPSA) is 23.0 Å². The first-order valence-corrected chi connectivity index (χ1v) is 15.1. The van der Waals surface area contributed by atoms with Gasteiger partial charge in [0.05, 0.1) is 67.2 Å². The van der Waals surface area contributed by atoms with Crippen LogP contribution in [0.4, 0.5) is 0 Å². The van der Waals surface area contributed by atoms with Gasteiger partial charge in [0.25, 0.3) is 0 Å². The summed E-state index contributed by atoms with van der Waals surface area (Å²) in [6, 6.07) is -24.1. The van der Waals surface area contributed by atoms with Gasteiger partial charge in [-0.25, -0.2) is 0 Å². The molecule has 238 valence electrons. The van der Waals surface area contributed by atoms with Gasteiger partial charge >= 0.3 is 0 Å². The molecule has 3 heteroatoms. The third kappa shape index (κ3) is 4.19. The molecule has 0 fully saturated rings. The summed E-state index contributed by atoms with van der Waals surface area (Å²) in [4.78, 5) is 0. The molecule has 0 amide bonds. The molecule has 8 aromatic carbocycles. The van der Waals surface area contributed by atoms with Crippen LogP contribution in [0.15, 0.2) is 186 Å². The first-order valence-electron chi connectivity index (χ1n) is 29.6. The fourth-order valence-corrected chi connectivity index (χ4v) is 6.28. The Balaban J connectivity index is 1.36. The van der Waals surface area contributed by atoms with E-state index in [0.717, 1.165) is 15.2 Å². The van der Waals surface area contributed by atoms with Gasteiger partial charge in [0.1, 0.15) is 11.2 Å². The fourth-order valence-electron chi connectivity index (χ4n) is 6.28.